The van der Waals surface area contributed by atoms with Crippen molar-refractivity contribution in [3.05, 3.63) is 192 Å². The molecule has 0 radical (unpaired) electrons. The molecule has 242 valence electrons. The first-order valence-electron chi connectivity index (χ1n) is 17.5. The molecule has 0 fully saturated rings. The number of nitrogens with one attached hydrogen (secondary N) is 2. The van der Waals surface area contributed by atoms with Gasteiger partial charge in [-0.15, -0.1) is 11.3 Å². The summed E-state index contributed by atoms with van der Waals surface area (Å²) in [6.07, 6.45) is 3.55. The largest absolute Gasteiger partial charge is 0.358 e. The van der Waals surface area contributed by atoms with Crippen molar-refractivity contribution >= 4 is 30.0 Å². The van der Waals surface area contributed by atoms with Crippen LogP contribution in [0.4, 0.5) is 0 Å². The molecule has 8 bridgehead atoms. The van der Waals surface area contributed by atoms with Crippen LogP contribution in [-0.4, -0.2) is 9.97 Å². The van der Waals surface area contributed by atoms with Crippen LogP contribution in [0, 0.1) is 0 Å². The monoisotopic (exact) mass is 672 g/mol. The summed E-state index contributed by atoms with van der Waals surface area (Å²) in [5.74, 6) is 0. The van der Waals surface area contributed by atoms with Crippen LogP contribution in [0.5, 0.6) is 0 Å². The molecule has 2 N–H and O–H groups in total. The Hall–Kier alpha value is -4.56. The molecule has 2 nitrogen and oxygen atoms in total. The van der Waals surface area contributed by atoms with Crippen LogP contribution in [-0.2, 0) is 23.7 Å². The Morgan fingerprint density at radius 2 is 0.939 bits per heavy atom. The topological polar surface area (TPSA) is 31.6 Å². The van der Waals surface area contributed by atoms with E-state index in [-0.39, 0.29) is 10.8 Å². The highest BCUT2D eigenvalue weighted by atomic mass is 32.1. The van der Waals surface area contributed by atoms with Crippen LogP contribution in [0.3, 0.4) is 0 Å². The van der Waals surface area contributed by atoms with Crippen LogP contribution < -0.4 is 9.06 Å². The number of hydrogen-bond acceptors (Lipinski definition) is 1. The van der Waals surface area contributed by atoms with Gasteiger partial charge in [-0.3, -0.25) is 0 Å². The third-order valence-electron chi connectivity index (χ3n) is 10.9. The van der Waals surface area contributed by atoms with Crippen LogP contribution >= 0.6 is 18.9 Å². The van der Waals surface area contributed by atoms with Crippen molar-refractivity contribution in [1.29, 1.82) is 0 Å². The lowest BCUT2D eigenvalue weighted by molar-refractivity contribution is 0.625. The van der Waals surface area contributed by atoms with Gasteiger partial charge in [-0.05, 0) is 122 Å². The molecule has 49 heavy (non-hydrogen) atoms. The van der Waals surface area contributed by atoms with Gasteiger partial charge in [0.1, 0.15) is 0 Å². The van der Waals surface area contributed by atoms with Crippen LogP contribution in [0.1, 0.15) is 89.7 Å². The molecule has 0 amide bonds. The van der Waals surface area contributed by atoms with Gasteiger partial charge >= 0.3 is 0 Å². The maximum absolute atomic E-state index is 4.05. The fourth-order valence-electron chi connectivity index (χ4n) is 8.54. The molecular formula is C45H41N2PS. The molecular weight excluding hydrogens is 632 g/mol. The summed E-state index contributed by atoms with van der Waals surface area (Å²) in [7, 11) is -0.740. The average molecular weight is 673 g/mol. The SMILES string of the molecule is CC1(C)c2ccc([nH]2)/C(c2ccccc2)=c2/cc/c(s2)=C(\c2ccccc2)c2ccc([nH]2)C(C)(C)c2c3c(c1p2-c1ccccc1)CCC3. The Kier molecular flexibility index (Phi) is 7.16. The van der Waals surface area contributed by atoms with Gasteiger partial charge in [-0.2, -0.15) is 0 Å². The van der Waals surface area contributed by atoms with Crippen molar-refractivity contribution < 1.29 is 0 Å². The highest BCUT2D eigenvalue weighted by molar-refractivity contribution is 7.59. The van der Waals surface area contributed by atoms with Gasteiger partial charge in [0.15, 0.2) is 0 Å². The fraction of sp³-hybridized carbons (Fsp3) is 0.200. The average Bonchev–Trinajstić information content (AvgIpc) is 3.95. The van der Waals surface area contributed by atoms with Crippen LogP contribution in [0.2, 0.25) is 0 Å². The highest BCUT2D eigenvalue weighted by Crippen LogP contribution is 2.63. The van der Waals surface area contributed by atoms with Gasteiger partial charge in [-0.25, -0.2) is 0 Å². The number of thiophene rings is 1. The number of H-pyrrole nitrogens is 2. The van der Waals surface area contributed by atoms with Crippen molar-refractivity contribution in [2.75, 3.05) is 0 Å². The molecule has 0 unspecified atom stereocenters. The Labute approximate surface area is 294 Å². The Morgan fingerprint density at radius 1 is 0.510 bits per heavy atom. The van der Waals surface area contributed by atoms with Gasteiger partial charge in [0.05, 0.1) is 0 Å². The predicted octanol–water partition coefficient (Wildman–Crippen LogP) is 10.3. The molecule has 0 atom stereocenters. The van der Waals surface area contributed by atoms with Gasteiger partial charge in [0.2, 0.25) is 0 Å². The summed E-state index contributed by atoms with van der Waals surface area (Å²) in [6.45, 7) is 9.88. The summed E-state index contributed by atoms with van der Waals surface area (Å²) >= 11 is 1.88. The molecule has 9 rings (SSSR count). The molecule has 5 heterocycles. The van der Waals surface area contributed by atoms with E-state index in [9.17, 15) is 0 Å². The second kappa shape index (κ2) is 11.5. The van der Waals surface area contributed by atoms with E-state index >= 15 is 0 Å². The van der Waals surface area contributed by atoms with Crippen molar-refractivity contribution in [2.45, 2.75) is 57.8 Å². The summed E-state index contributed by atoms with van der Waals surface area (Å²) in [6, 6.07) is 47.2. The first-order valence-corrected chi connectivity index (χ1v) is 19.7. The lowest BCUT2D eigenvalue weighted by Gasteiger charge is -2.31. The van der Waals surface area contributed by atoms with E-state index in [0.717, 1.165) is 12.8 Å². The summed E-state index contributed by atoms with van der Waals surface area (Å²) in [4.78, 5) is 8.09. The smallest absolute Gasteiger partial charge is 0.0476 e. The third-order valence-corrected chi connectivity index (χ3v) is 15.4. The third kappa shape index (κ3) is 4.82. The van der Waals surface area contributed by atoms with E-state index in [2.05, 4.69) is 165 Å². The number of aromatic nitrogens is 2. The summed E-state index contributed by atoms with van der Waals surface area (Å²) in [5, 5.41) is 4.72. The lowest BCUT2D eigenvalue weighted by atomic mass is 9.82. The van der Waals surface area contributed by atoms with E-state index < -0.39 is 7.53 Å². The zero-order valence-corrected chi connectivity index (χ0v) is 30.3. The zero-order valence-electron chi connectivity index (χ0n) is 28.6. The number of benzene rings is 3. The summed E-state index contributed by atoms with van der Waals surface area (Å²) in [5.41, 5.74) is 12.8. The number of fused-ring (bicyclic) bond motifs is 11. The molecule has 1 aliphatic carbocycles. The molecule has 0 saturated carbocycles. The molecule has 2 aliphatic rings. The molecule has 0 saturated heterocycles. The number of aromatic amines is 2. The van der Waals surface area contributed by atoms with Gasteiger partial charge in [0.25, 0.3) is 0 Å². The Bertz CT molecular complexity index is 2300. The molecule has 7 aromatic rings. The van der Waals surface area contributed by atoms with Crippen LogP contribution in [0.25, 0.3) is 16.5 Å². The van der Waals surface area contributed by atoms with Gasteiger partial charge in [-0.1, -0.05) is 98.5 Å². The first kappa shape index (κ1) is 30.5. The lowest BCUT2D eigenvalue weighted by Crippen LogP contribution is -2.21. The van der Waals surface area contributed by atoms with Gasteiger partial charge < -0.3 is 9.97 Å². The van der Waals surface area contributed by atoms with E-state index in [1.807, 2.05) is 11.3 Å². The summed E-state index contributed by atoms with van der Waals surface area (Å²) < 4.78 is 2.52. The molecule has 4 aromatic heterocycles. The van der Waals surface area contributed by atoms with Crippen LogP contribution in [0.15, 0.2) is 127 Å². The second-order valence-electron chi connectivity index (χ2n) is 14.6. The maximum atomic E-state index is 4.05. The Balaban J connectivity index is 1.44. The highest BCUT2D eigenvalue weighted by Gasteiger charge is 2.42. The maximum Gasteiger partial charge on any atom is 0.0476 e. The van der Waals surface area contributed by atoms with E-state index in [4.69, 9.17) is 0 Å². The number of hydrogen-bond donors (Lipinski definition) is 2. The van der Waals surface area contributed by atoms with E-state index in [0.29, 0.717) is 0 Å². The molecule has 1 aliphatic heterocycles. The normalized spacial score (nSPS) is 18.7. The van der Waals surface area contributed by atoms with Crippen molar-refractivity contribution in [1.82, 2.24) is 9.97 Å². The predicted molar refractivity (Wildman–Crippen MR) is 208 cm³/mol. The number of rotatable bonds is 3. The molecule has 4 heteroatoms. The van der Waals surface area contributed by atoms with E-state index in [1.165, 1.54) is 65.8 Å². The van der Waals surface area contributed by atoms with Gasteiger partial charge in [0, 0.05) is 53.8 Å². The second-order valence-corrected chi connectivity index (χ2v) is 17.8. The first-order chi connectivity index (χ1) is 23.8. The van der Waals surface area contributed by atoms with Crippen molar-refractivity contribution in [2.24, 2.45) is 0 Å². The fourth-order valence-corrected chi connectivity index (χ4v) is 13.3. The van der Waals surface area contributed by atoms with E-state index in [1.54, 1.807) is 21.7 Å². The quantitative estimate of drug-likeness (QED) is 0.187. The van der Waals surface area contributed by atoms with Crippen molar-refractivity contribution in [3.63, 3.8) is 0 Å². The molecule has 3 aromatic carbocycles. The van der Waals surface area contributed by atoms with Crippen molar-refractivity contribution in [3.8, 4) is 5.30 Å². The minimum absolute atomic E-state index is 0.183. The standard InChI is InChI=1S/C45H41N2PS/c1-44(2)38-27-23-34(46-38)40(29-15-8-5-9-16-29)36-25-26-37(49-36)41(30-17-10-6-11-18-30)35-24-28-39(47-35)45(3,4)43-33-22-14-21-32(33)42(44)48(43)31-19-12-7-13-20-31/h5-13,15-20,23-28,46-47H,14,21-22H2,1-4H3/b40-36-,41-37-. The minimum atomic E-state index is -0.740. The Morgan fingerprint density at radius 3 is 1.39 bits per heavy atom. The minimum Gasteiger partial charge on any atom is -0.358 e. The molecule has 0 spiro atoms. The zero-order chi connectivity index (χ0) is 33.3.